The topological polar surface area (TPSA) is 80.0 Å². The number of imidazole rings is 1. The van der Waals surface area contributed by atoms with Gasteiger partial charge in [0, 0.05) is 26.4 Å². The number of hydrogen-bond donors (Lipinski definition) is 1. The predicted octanol–water partition coefficient (Wildman–Crippen LogP) is 3.66. The third-order valence-electron chi connectivity index (χ3n) is 6.00. The molecule has 3 heterocycles. The van der Waals surface area contributed by atoms with Gasteiger partial charge in [0.25, 0.3) is 0 Å². The van der Waals surface area contributed by atoms with Gasteiger partial charge in [-0.15, -0.1) is 0 Å². The van der Waals surface area contributed by atoms with Crippen molar-refractivity contribution >= 4 is 27.8 Å². The van der Waals surface area contributed by atoms with Gasteiger partial charge in [-0.05, 0) is 57.1 Å². The van der Waals surface area contributed by atoms with E-state index < -0.39 is 5.60 Å². The van der Waals surface area contributed by atoms with Crippen LogP contribution in [0.5, 0.6) is 0 Å². The summed E-state index contributed by atoms with van der Waals surface area (Å²) in [4.78, 5) is 18.8. The first kappa shape index (κ1) is 21.1. The average molecular weight is 431 g/mol. The highest BCUT2D eigenvalue weighted by molar-refractivity contribution is 7.16. The average Bonchev–Trinajstić information content (AvgIpc) is 3.16. The van der Waals surface area contributed by atoms with E-state index >= 15 is 0 Å². The first-order valence-electron chi connectivity index (χ1n) is 10.5. The maximum absolute atomic E-state index is 11.4. The van der Waals surface area contributed by atoms with Crippen LogP contribution in [0.2, 0.25) is 0 Å². The smallest absolute Gasteiger partial charge is 0.219 e. The second-order valence-corrected chi connectivity index (χ2v) is 9.81. The van der Waals surface area contributed by atoms with Crippen LogP contribution in [0.25, 0.3) is 10.5 Å². The summed E-state index contributed by atoms with van der Waals surface area (Å²) >= 11 is 1.43. The van der Waals surface area contributed by atoms with Gasteiger partial charge in [-0.3, -0.25) is 4.79 Å². The van der Waals surface area contributed by atoms with Gasteiger partial charge >= 0.3 is 0 Å². The molecule has 1 N–H and O–H groups in total. The first-order valence-corrected chi connectivity index (χ1v) is 11.3. The van der Waals surface area contributed by atoms with Crippen molar-refractivity contribution in [3.63, 3.8) is 0 Å². The second-order valence-electron chi connectivity index (χ2n) is 8.86. The molecule has 1 amide bonds. The molecule has 1 saturated heterocycles. The summed E-state index contributed by atoms with van der Waals surface area (Å²) in [5, 5.41) is 15.7. The monoisotopic (exact) mass is 430 g/mol. The van der Waals surface area contributed by atoms with Crippen molar-refractivity contribution in [3.05, 3.63) is 33.8 Å². The van der Waals surface area contributed by atoms with E-state index in [1.807, 2.05) is 16.3 Å². The van der Waals surface area contributed by atoms with Gasteiger partial charge < -0.3 is 14.7 Å². The Labute approximate surface area is 181 Å². The molecule has 162 valence electrons. The summed E-state index contributed by atoms with van der Waals surface area (Å²) in [6.45, 7) is 8.87. The summed E-state index contributed by atoms with van der Waals surface area (Å²) in [5.74, 6) is 1.78. The van der Waals surface area contributed by atoms with E-state index in [2.05, 4.69) is 11.2 Å². The number of aliphatic hydroxyl groups is 1. The third kappa shape index (κ3) is 3.90. The van der Waals surface area contributed by atoms with Gasteiger partial charge in [0.15, 0.2) is 0 Å². The molecule has 2 aromatic rings. The van der Waals surface area contributed by atoms with E-state index in [0.29, 0.717) is 10.9 Å². The highest BCUT2D eigenvalue weighted by atomic mass is 32.1. The number of methoxy groups -OCH3 is 1. The number of rotatable bonds is 6. The van der Waals surface area contributed by atoms with Crippen LogP contribution in [0.1, 0.15) is 62.8 Å². The molecule has 0 radical (unpaired) electrons. The van der Waals surface area contributed by atoms with Gasteiger partial charge in [0.05, 0.1) is 24.3 Å². The summed E-state index contributed by atoms with van der Waals surface area (Å²) in [5.41, 5.74) is 3.44. The second kappa shape index (κ2) is 7.81. The minimum absolute atomic E-state index is 0.164. The SMILES string of the molecule is COC1=C(CCC2CN(C(C)=O)C2)C=C(c2c(C)nc3sc(C(C)(C)O)nn23)CC1. The molecule has 0 spiro atoms. The molecule has 8 heteroatoms. The summed E-state index contributed by atoms with van der Waals surface area (Å²) in [6.07, 6.45) is 5.96. The summed E-state index contributed by atoms with van der Waals surface area (Å²) in [6, 6.07) is 0. The van der Waals surface area contributed by atoms with Crippen LogP contribution in [0.4, 0.5) is 0 Å². The van der Waals surface area contributed by atoms with E-state index in [1.165, 1.54) is 22.5 Å². The number of carbonyl (C=O) groups is 1. The van der Waals surface area contributed by atoms with Crippen molar-refractivity contribution in [3.8, 4) is 0 Å². The Bertz CT molecular complexity index is 1030. The Morgan fingerprint density at radius 2 is 2.10 bits per heavy atom. The summed E-state index contributed by atoms with van der Waals surface area (Å²) in [7, 11) is 1.74. The molecule has 0 unspecified atom stereocenters. The quantitative estimate of drug-likeness (QED) is 0.756. The van der Waals surface area contributed by atoms with Crippen LogP contribution in [0.3, 0.4) is 0 Å². The van der Waals surface area contributed by atoms with Gasteiger partial charge in [-0.2, -0.15) is 5.10 Å². The number of ether oxygens (including phenoxy) is 1. The Hall–Kier alpha value is -2.19. The van der Waals surface area contributed by atoms with E-state index in [0.717, 1.165) is 60.9 Å². The van der Waals surface area contributed by atoms with Crippen molar-refractivity contribution in [1.82, 2.24) is 19.5 Å². The van der Waals surface area contributed by atoms with Gasteiger partial charge in [0.1, 0.15) is 10.6 Å². The zero-order chi connectivity index (χ0) is 21.6. The molecule has 7 nitrogen and oxygen atoms in total. The molecule has 30 heavy (non-hydrogen) atoms. The number of likely N-dealkylation sites (tertiary alicyclic amines) is 1. The number of aryl methyl sites for hydroxylation is 1. The minimum atomic E-state index is -0.984. The fourth-order valence-corrected chi connectivity index (χ4v) is 5.18. The number of fused-ring (bicyclic) bond motifs is 1. The minimum Gasteiger partial charge on any atom is -0.501 e. The maximum atomic E-state index is 11.4. The lowest BCUT2D eigenvalue weighted by molar-refractivity contribution is -0.135. The molecular weight excluding hydrogens is 400 g/mol. The molecule has 1 aliphatic carbocycles. The van der Waals surface area contributed by atoms with E-state index in [9.17, 15) is 9.90 Å². The molecule has 2 aliphatic rings. The number of amides is 1. The van der Waals surface area contributed by atoms with Gasteiger partial charge in [-0.1, -0.05) is 17.4 Å². The maximum Gasteiger partial charge on any atom is 0.219 e. The highest BCUT2D eigenvalue weighted by Crippen LogP contribution is 2.37. The molecule has 4 rings (SSSR count). The van der Waals surface area contributed by atoms with Crippen LogP contribution in [0, 0.1) is 12.8 Å². The Morgan fingerprint density at radius 3 is 2.73 bits per heavy atom. The lowest BCUT2D eigenvalue weighted by atomic mass is 9.88. The molecule has 0 bridgehead atoms. The molecule has 1 aliphatic heterocycles. The zero-order valence-electron chi connectivity index (χ0n) is 18.4. The number of allylic oxidation sites excluding steroid dienone is 4. The van der Waals surface area contributed by atoms with Gasteiger partial charge in [0.2, 0.25) is 10.9 Å². The molecule has 2 aromatic heterocycles. The largest absolute Gasteiger partial charge is 0.501 e. The molecule has 0 saturated carbocycles. The van der Waals surface area contributed by atoms with E-state index in [4.69, 9.17) is 9.72 Å². The Kier molecular flexibility index (Phi) is 5.48. The fourth-order valence-electron chi connectivity index (χ4n) is 4.24. The Morgan fingerprint density at radius 1 is 1.37 bits per heavy atom. The molecule has 1 fully saturated rings. The number of hydrogen-bond acceptors (Lipinski definition) is 6. The van der Waals surface area contributed by atoms with E-state index in [1.54, 1.807) is 27.9 Å². The van der Waals surface area contributed by atoms with Gasteiger partial charge in [-0.25, -0.2) is 9.50 Å². The van der Waals surface area contributed by atoms with Crippen LogP contribution in [0.15, 0.2) is 17.4 Å². The molecular formula is C22H30N4O3S. The number of nitrogens with zero attached hydrogens (tertiary/aromatic N) is 4. The zero-order valence-corrected chi connectivity index (χ0v) is 19.2. The normalized spacial score (nSPS) is 18.1. The van der Waals surface area contributed by atoms with E-state index in [-0.39, 0.29) is 5.91 Å². The summed E-state index contributed by atoms with van der Waals surface area (Å²) < 4.78 is 7.56. The Balaban J connectivity index is 1.58. The van der Waals surface area contributed by atoms with Crippen molar-refractivity contribution in [2.45, 2.75) is 59.0 Å². The number of carbonyl (C=O) groups excluding carboxylic acids is 1. The highest BCUT2D eigenvalue weighted by Gasteiger charge is 2.29. The molecule has 0 aromatic carbocycles. The number of aromatic nitrogens is 3. The third-order valence-corrected chi connectivity index (χ3v) is 7.23. The van der Waals surface area contributed by atoms with Crippen molar-refractivity contribution in [2.75, 3.05) is 20.2 Å². The van der Waals surface area contributed by atoms with Crippen LogP contribution >= 0.6 is 11.3 Å². The fraction of sp³-hybridized carbons (Fsp3) is 0.591. The van der Waals surface area contributed by atoms with Crippen LogP contribution < -0.4 is 0 Å². The van der Waals surface area contributed by atoms with Crippen molar-refractivity contribution < 1.29 is 14.6 Å². The van der Waals surface area contributed by atoms with Crippen LogP contribution in [-0.4, -0.2) is 50.7 Å². The van der Waals surface area contributed by atoms with Crippen molar-refractivity contribution in [2.24, 2.45) is 5.92 Å². The predicted molar refractivity (Wildman–Crippen MR) is 117 cm³/mol. The molecule has 0 atom stereocenters. The lowest BCUT2D eigenvalue weighted by Gasteiger charge is -2.39. The first-order chi connectivity index (χ1) is 14.2. The van der Waals surface area contributed by atoms with Crippen molar-refractivity contribution in [1.29, 1.82) is 0 Å². The lowest BCUT2D eigenvalue weighted by Crippen LogP contribution is -2.48. The van der Waals surface area contributed by atoms with Crippen LogP contribution in [-0.2, 0) is 15.1 Å². The standard InChI is InChI=1S/C22H30N4O3S/c1-13-19(26-21(23-13)30-20(24-26)22(3,4)28)17-8-9-18(29-5)16(10-17)7-6-15-11-25(12-15)14(2)27/h10,15,28H,6-9,11-12H2,1-5H3.